The molecule has 24 heavy (non-hydrogen) atoms. The molecule has 2 rings (SSSR count). The maximum Gasteiger partial charge on any atom is 0.573 e. The van der Waals surface area contributed by atoms with E-state index in [4.69, 9.17) is 4.74 Å². The summed E-state index contributed by atoms with van der Waals surface area (Å²) >= 11 is 0. The van der Waals surface area contributed by atoms with Gasteiger partial charge in [-0.2, -0.15) is 0 Å². The molecule has 0 saturated carbocycles. The first-order valence-corrected chi connectivity index (χ1v) is 7.73. The van der Waals surface area contributed by atoms with Crippen LogP contribution in [0.25, 0.3) is 12.2 Å². The fourth-order valence-electron chi connectivity index (χ4n) is 1.98. The summed E-state index contributed by atoms with van der Waals surface area (Å²) in [6.45, 7) is 2.82. The maximum atomic E-state index is 12.1. The minimum absolute atomic E-state index is 0.228. The van der Waals surface area contributed by atoms with E-state index < -0.39 is 6.36 Å². The third kappa shape index (κ3) is 6.36. The van der Waals surface area contributed by atoms with Crippen molar-refractivity contribution in [2.45, 2.75) is 26.1 Å². The Morgan fingerprint density at radius 1 is 0.833 bits per heavy atom. The molecule has 0 atom stereocenters. The highest BCUT2D eigenvalue weighted by Crippen LogP contribution is 2.23. The fraction of sp³-hybridized carbons (Fsp3) is 0.263. The zero-order valence-electron chi connectivity index (χ0n) is 13.3. The van der Waals surface area contributed by atoms with Crippen LogP contribution in [0.15, 0.2) is 48.5 Å². The van der Waals surface area contributed by atoms with Gasteiger partial charge in [0.05, 0.1) is 6.61 Å². The van der Waals surface area contributed by atoms with E-state index in [0.29, 0.717) is 6.61 Å². The lowest BCUT2D eigenvalue weighted by Gasteiger charge is -2.08. The second-order valence-corrected chi connectivity index (χ2v) is 5.22. The third-order valence-electron chi connectivity index (χ3n) is 3.23. The second-order valence-electron chi connectivity index (χ2n) is 5.22. The molecule has 0 aliphatic rings. The molecule has 0 amide bonds. The molecule has 0 radical (unpaired) electrons. The molecule has 2 nitrogen and oxygen atoms in total. The number of hydrogen-bond donors (Lipinski definition) is 0. The van der Waals surface area contributed by atoms with E-state index in [1.165, 1.54) is 12.1 Å². The standard InChI is InChI=1S/C19H19F3O2/c1-2-3-14-23-17-10-6-15(7-11-17)4-5-16-8-12-18(13-9-16)24-19(20,21)22/h4-13H,2-3,14H2,1H3/b5-4+. The Bertz CT molecular complexity index is 644. The van der Waals surface area contributed by atoms with Crippen LogP contribution < -0.4 is 9.47 Å². The topological polar surface area (TPSA) is 18.5 Å². The SMILES string of the molecule is CCCCOc1ccc(/C=C/c2ccc(OC(F)(F)F)cc2)cc1. The van der Waals surface area contributed by atoms with Crippen molar-refractivity contribution >= 4 is 12.2 Å². The number of alkyl halides is 3. The maximum absolute atomic E-state index is 12.1. The zero-order chi connectivity index (χ0) is 17.4. The minimum Gasteiger partial charge on any atom is -0.494 e. The molecule has 0 bridgehead atoms. The molecule has 0 fully saturated rings. The zero-order valence-corrected chi connectivity index (χ0v) is 13.3. The van der Waals surface area contributed by atoms with Gasteiger partial charge in [-0.05, 0) is 41.8 Å². The highest BCUT2D eigenvalue weighted by atomic mass is 19.4. The summed E-state index contributed by atoms with van der Waals surface area (Å²) in [7, 11) is 0. The van der Waals surface area contributed by atoms with Gasteiger partial charge in [-0.25, -0.2) is 0 Å². The molecule has 5 heteroatoms. The van der Waals surface area contributed by atoms with Crippen molar-refractivity contribution in [1.29, 1.82) is 0 Å². The summed E-state index contributed by atoms with van der Waals surface area (Å²) < 4.78 is 45.7. The number of halogens is 3. The van der Waals surface area contributed by atoms with Crippen LogP contribution in [-0.4, -0.2) is 13.0 Å². The smallest absolute Gasteiger partial charge is 0.494 e. The fourth-order valence-corrected chi connectivity index (χ4v) is 1.98. The number of rotatable bonds is 7. The van der Waals surface area contributed by atoms with Gasteiger partial charge in [-0.1, -0.05) is 49.8 Å². The van der Waals surface area contributed by atoms with Gasteiger partial charge in [-0.3, -0.25) is 0 Å². The Hall–Kier alpha value is -2.43. The van der Waals surface area contributed by atoms with Crippen molar-refractivity contribution in [2.24, 2.45) is 0 Å². The van der Waals surface area contributed by atoms with E-state index in [9.17, 15) is 13.2 Å². The second kappa shape index (κ2) is 8.43. The van der Waals surface area contributed by atoms with E-state index in [-0.39, 0.29) is 5.75 Å². The quantitative estimate of drug-likeness (QED) is 0.460. The van der Waals surface area contributed by atoms with Crippen LogP contribution in [0.1, 0.15) is 30.9 Å². The van der Waals surface area contributed by atoms with Crippen LogP contribution in [0.5, 0.6) is 11.5 Å². The van der Waals surface area contributed by atoms with E-state index in [1.54, 1.807) is 12.1 Å². The Morgan fingerprint density at radius 3 is 1.79 bits per heavy atom. The number of benzene rings is 2. The molecule has 0 aliphatic carbocycles. The molecule has 128 valence electrons. The van der Waals surface area contributed by atoms with Crippen molar-refractivity contribution in [1.82, 2.24) is 0 Å². The van der Waals surface area contributed by atoms with E-state index >= 15 is 0 Å². The normalized spacial score (nSPS) is 11.7. The van der Waals surface area contributed by atoms with Gasteiger partial charge in [0.1, 0.15) is 11.5 Å². The highest BCUT2D eigenvalue weighted by molar-refractivity contribution is 5.70. The average molecular weight is 336 g/mol. The van der Waals surface area contributed by atoms with Gasteiger partial charge < -0.3 is 9.47 Å². The van der Waals surface area contributed by atoms with Gasteiger partial charge >= 0.3 is 6.36 Å². The molecule has 0 aliphatic heterocycles. The Kier molecular flexibility index (Phi) is 6.29. The molecule has 0 N–H and O–H groups in total. The summed E-state index contributed by atoms with van der Waals surface area (Å²) in [5.74, 6) is 0.600. The van der Waals surface area contributed by atoms with Crippen LogP contribution in [0.3, 0.4) is 0 Å². The summed E-state index contributed by atoms with van der Waals surface area (Å²) in [4.78, 5) is 0. The van der Waals surface area contributed by atoms with Crippen LogP contribution in [0.2, 0.25) is 0 Å². The first-order valence-electron chi connectivity index (χ1n) is 7.73. The van der Waals surface area contributed by atoms with E-state index in [2.05, 4.69) is 11.7 Å². The summed E-state index contributed by atoms with van der Waals surface area (Å²) in [5.41, 5.74) is 1.77. The first kappa shape index (κ1) is 17.9. The summed E-state index contributed by atoms with van der Waals surface area (Å²) in [5, 5.41) is 0. The van der Waals surface area contributed by atoms with Crippen molar-refractivity contribution in [2.75, 3.05) is 6.61 Å². The molecule has 0 spiro atoms. The van der Waals surface area contributed by atoms with Crippen LogP contribution in [0, 0.1) is 0 Å². The molecule has 0 heterocycles. The predicted molar refractivity (Wildman–Crippen MR) is 88.9 cm³/mol. The Balaban J connectivity index is 1.93. The van der Waals surface area contributed by atoms with Crippen molar-refractivity contribution in [3.8, 4) is 11.5 Å². The Labute approximate surface area is 139 Å². The molecular formula is C19H19F3O2. The van der Waals surface area contributed by atoms with E-state index in [0.717, 1.165) is 29.7 Å². The van der Waals surface area contributed by atoms with Gasteiger partial charge in [-0.15, -0.1) is 13.2 Å². The molecule has 2 aromatic carbocycles. The monoisotopic (exact) mass is 336 g/mol. The highest BCUT2D eigenvalue weighted by Gasteiger charge is 2.30. The minimum atomic E-state index is -4.67. The van der Waals surface area contributed by atoms with Gasteiger partial charge in [0, 0.05) is 0 Å². The van der Waals surface area contributed by atoms with Crippen LogP contribution in [0.4, 0.5) is 13.2 Å². The largest absolute Gasteiger partial charge is 0.573 e. The molecular weight excluding hydrogens is 317 g/mol. The lowest BCUT2D eigenvalue weighted by molar-refractivity contribution is -0.274. The van der Waals surface area contributed by atoms with Crippen molar-refractivity contribution < 1.29 is 22.6 Å². The number of unbranched alkanes of at least 4 members (excludes halogenated alkanes) is 1. The van der Waals surface area contributed by atoms with Crippen molar-refractivity contribution in [3.05, 3.63) is 59.7 Å². The lowest BCUT2D eigenvalue weighted by Crippen LogP contribution is -2.16. The average Bonchev–Trinajstić information content (AvgIpc) is 2.54. The lowest BCUT2D eigenvalue weighted by atomic mass is 10.1. The predicted octanol–water partition coefficient (Wildman–Crippen LogP) is 5.93. The third-order valence-corrected chi connectivity index (χ3v) is 3.23. The van der Waals surface area contributed by atoms with Gasteiger partial charge in [0.2, 0.25) is 0 Å². The van der Waals surface area contributed by atoms with Gasteiger partial charge in [0.25, 0.3) is 0 Å². The van der Waals surface area contributed by atoms with Crippen LogP contribution >= 0.6 is 0 Å². The molecule has 2 aromatic rings. The van der Waals surface area contributed by atoms with Gasteiger partial charge in [0.15, 0.2) is 0 Å². The molecule has 0 saturated heterocycles. The number of ether oxygens (including phenoxy) is 2. The molecule has 0 unspecified atom stereocenters. The Morgan fingerprint density at radius 2 is 1.33 bits per heavy atom. The summed E-state index contributed by atoms with van der Waals surface area (Å²) in [6.07, 6.45) is 1.15. The first-order chi connectivity index (χ1) is 11.5. The molecule has 0 aromatic heterocycles. The summed E-state index contributed by atoms with van der Waals surface area (Å²) in [6, 6.07) is 13.4. The number of hydrogen-bond acceptors (Lipinski definition) is 2. The van der Waals surface area contributed by atoms with E-state index in [1.807, 2.05) is 36.4 Å². The van der Waals surface area contributed by atoms with Crippen LogP contribution in [-0.2, 0) is 0 Å². The van der Waals surface area contributed by atoms with Crippen molar-refractivity contribution in [3.63, 3.8) is 0 Å².